The summed E-state index contributed by atoms with van der Waals surface area (Å²) in [4.78, 5) is 6.29. The Labute approximate surface area is 126 Å². The van der Waals surface area contributed by atoms with E-state index < -0.39 is 0 Å². The summed E-state index contributed by atoms with van der Waals surface area (Å²) in [5, 5.41) is 0. The highest BCUT2D eigenvalue weighted by Gasteiger charge is 2.13. The van der Waals surface area contributed by atoms with Crippen molar-refractivity contribution in [1.82, 2.24) is 4.98 Å². The van der Waals surface area contributed by atoms with Crippen LogP contribution >= 0.6 is 0 Å². The van der Waals surface area contributed by atoms with Crippen LogP contribution < -0.4 is 15.4 Å². The Balaban J connectivity index is 2.25. The van der Waals surface area contributed by atoms with Crippen molar-refractivity contribution in [2.45, 2.75) is 33.4 Å². The van der Waals surface area contributed by atoms with Crippen LogP contribution in [0.5, 0.6) is 5.75 Å². The Bertz CT molecular complexity index is 570. The van der Waals surface area contributed by atoms with E-state index in [0.29, 0.717) is 5.69 Å². The van der Waals surface area contributed by atoms with Gasteiger partial charge in [-0.05, 0) is 50.6 Å². The number of nitrogens with two attached hydrogens (primary N) is 1. The summed E-state index contributed by atoms with van der Waals surface area (Å²) in [6.07, 6.45) is 3.73. The van der Waals surface area contributed by atoms with Gasteiger partial charge < -0.3 is 15.4 Å². The average Bonchev–Trinajstić information content (AvgIpc) is 2.48. The van der Waals surface area contributed by atoms with Gasteiger partial charge in [0, 0.05) is 25.5 Å². The van der Waals surface area contributed by atoms with Gasteiger partial charge in [0.15, 0.2) is 0 Å². The molecule has 0 aliphatic carbocycles. The van der Waals surface area contributed by atoms with E-state index in [-0.39, 0.29) is 6.10 Å². The van der Waals surface area contributed by atoms with Gasteiger partial charge >= 0.3 is 0 Å². The van der Waals surface area contributed by atoms with Crippen LogP contribution in [0.25, 0.3) is 0 Å². The van der Waals surface area contributed by atoms with Crippen molar-refractivity contribution in [2.75, 3.05) is 17.2 Å². The third-order valence-electron chi connectivity index (χ3n) is 3.25. The molecule has 0 saturated heterocycles. The number of ether oxygens (including phenoxy) is 1. The van der Waals surface area contributed by atoms with Gasteiger partial charge in [-0.1, -0.05) is 6.07 Å². The number of rotatable bonds is 6. The molecule has 2 N–H and O–H groups in total. The third kappa shape index (κ3) is 3.88. The molecule has 1 aromatic heterocycles. The fraction of sp³-hybridized carbons (Fsp3) is 0.353. The number of hydrogen-bond donors (Lipinski definition) is 1. The highest BCUT2D eigenvalue weighted by atomic mass is 16.5. The maximum atomic E-state index is 6.28. The molecular weight excluding hydrogens is 262 g/mol. The van der Waals surface area contributed by atoms with E-state index in [1.165, 1.54) is 5.56 Å². The molecule has 0 spiro atoms. The normalized spacial score (nSPS) is 10.7. The number of nitrogen functional groups attached to an aromatic ring is 1. The molecule has 0 bridgehead atoms. The van der Waals surface area contributed by atoms with E-state index in [4.69, 9.17) is 10.5 Å². The van der Waals surface area contributed by atoms with Gasteiger partial charge in [-0.2, -0.15) is 0 Å². The third-order valence-corrected chi connectivity index (χ3v) is 3.25. The lowest BCUT2D eigenvalue weighted by atomic mass is 10.2. The lowest BCUT2D eigenvalue weighted by Crippen LogP contribution is -2.23. The molecule has 4 nitrogen and oxygen atoms in total. The van der Waals surface area contributed by atoms with E-state index >= 15 is 0 Å². The van der Waals surface area contributed by atoms with Crippen molar-refractivity contribution in [1.29, 1.82) is 0 Å². The minimum absolute atomic E-state index is 0.109. The van der Waals surface area contributed by atoms with E-state index in [9.17, 15) is 0 Å². The second-order valence-electron chi connectivity index (χ2n) is 5.23. The molecule has 2 rings (SSSR count). The molecular formula is C17H23N3O. The molecule has 21 heavy (non-hydrogen) atoms. The van der Waals surface area contributed by atoms with Crippen LogP contribution in [0.15, 0.2) is 42.7 Å². The van der Waals surface area contributed by atoms with Gasteiger partial charge in [0.25, 0.3) is 0 Å². The first-order valence-corrected chi connectivity index (χ1v) is 7.30. The summed E-state index contributed by atoms with van der Waals surface area (Å²) in [7, 11) is 0. The molecule has 4 heteroatoms. The van der Waals surface area contributed by atoms with Gasteiger partial charge in [-0.3, -0.25) is 4.98 Å². The van der Waals surface area contributed by atoms with Gasteiger partial charge in [-0.15, -0.1) is 0 Å². The van der Waals surface area contributed by atoms with Crippen LogP contribution in [0.4, 0.5) is 11.4 Å². The number of pyridine rings is 1. The molecule has 0 amide bonds. The molecule has 0 saturated carbocycles. The first-order chi connectivity index (χ1) is 10.1. The largest absolute Gasteiger partial charge is 0.489 e. The number of anilines is 2. The molecule has 0 aliphatic rings. The lowest BCUT2D eigenvalue weighted by Gasteiger charge is -2.26. The van der Waals surface area contributed by atoms with Crippen LogP contribution in [0.2, 0.25) is 0 Å². The number of hydrogen-bond acceptors (Lipinski definition) is 4. The van der Waals surface area contributed by atoms with Crippen LogP contribution in [0, 0.1) is 0 Å². The van der Waals surface area contributed by atoms with Crippen molar-refractivity contribution in [3.8, 4) is 5.75 Å². The molecule has 0 radical (unpaired) electrons. The quantitative estimate of drug-likeness (QED) is 0.826. The van der Waals surface area contributed by atoms with Crippen molar-refractivity contribution in [3.05, 3.63) is 48.3 Å². The number of aromatic nitrogens is 1. The maximum Gasteiger partial charge on any atom is 0.144 e. The second-order valence-corrected chi connectivity index (χ2v) is 5.23. The van der Waals surface area contributed by atoms with Crippen molar-refractivity contribution in [3.63, 3.8) is 0 Å². The highest BCUT2D eigenvalue weighted by molar-refractivity contribution is 5.74. The van der Waals surface area contributed by atoms with Gasteiger partial charge in [0.1, 0.15) is 5.75 Å². The predicted molar refractivity (Wildman–Crippen MR) is 87.6 cm³/mol. The first-order valence-electron chi connectivity index (χ1n) is 7.30. The Morgan fingerprint density at radius 1 is 1.19 bits per heavy atom. The Morgan fingerprint density at radius 2 is 1.90 bits per heavy atom. The summed E-state index contributed by atoms with van der Waals surface area (Å²) in [5.41, 5.74) is 9.20. The highest BCUT2D eigenvalue weighted by Crippen LogP contribution is 2.33. The summed E-state index contributed by atoms with van der Waals surface area (Å²) in [5.74, 6) is 0.746. The van der Waals surface area contributed by atoms with Crippen LogP contribution in [-0.4, -0.2) is 17.6 Å². The Morgan fingerprint density at radius 3 is 2.52 bits per heavy atom. The topological polar surface area (TPSA) is 51.4 Å². The summed E-state index contributed by atoms with van der Waals surface area (Å²) in [6, 6.07) is 9.98. The minimum Gasteiger partial charge on any atom is -0.489 e. The minimum atomic E-state index is 0.109. The SMILES string of the molecule is CCN(Cc1ccncc1)c1cccc(OC(C)C)c1N. The molecule has 0 aliphatic heterocycles. The number of para-hydroxylation sites is 1. The lowest BCUT2D eigenvalue weighted by molar-refractivity contribution is 0.244. The summed E-state index contributed by atoms with van der Waals surface area (Å²) >= 11 is 0. The number of nitrogens with zero attached hydrogens (tertiary/aromatic N) is 2. The Hall–Kier alpha value is -2.23. The predicted octanol–water partition coefficient (Wildman–Crippen LogP) is 3.48. The standard InChI is InChI=1S/C17H23N3O/c1-4-20(12-14-8-10-19-11-9-14)15-6-5-7-16(17(15)18)21-13(2)3/h5-11,13H,4,12,18H2,1-3H3. The summed E-state index contributed by atoms with van der Waals surface area (Å²) < 4.78 is 5.77. The smallest absolute Gasteiger partial charge is 0.144 e. The second kappa shape index (κ2) is 6.97. The molecule has 0 fully saturated rings. The number of benzene rings is 1. The van der Waals surface area contributed by atoms with Gasteiger partial charge in [0.2, 0.25) is 0 Å². The van der Waals surface area contributed by atoms with Crippen LogP contribution in [-0.2, 0) is 6.54 Å². The molecule has 0 unspecified atom stereocenters. The van der Waals surface area contributed by atoms with Crippen molar-refractivity contribution < 1.29 is 4.74 Å². The zero-order valence-electron chi connectivity index (χ0n) is 12.9. The molecule has 2 aromatic rings. The van der Waals surface area contributed by atoms with E-state index in [1.54, 1.807) is 0 Å². The van der Waals surface area contributed by atoms with Gasteiger partial charge in [0.05, 0.1) is 17.5 Å². The van der Waals surface area contributed by atoms with Crippen molar-refractivity contribution in [2.24, 2.45) is 0 Å². The van der Waals surface area contributed by atoms with E-state index in [1.807, 2.05) is 56.6 Å². The monoisotopic (exact) mass is 285 g/mol. The fourth-order valence-electron chi connectivity index (χ4n) is 2.24. The van der Waals surface area contributed by atoms with E-state index in [0.717, 1.165) is 24.5 Å². The molecule has 1 aromatic carbocycles. The maximum absolute atomic E-state index is 6.28. The molecule has 1 heterocycles. The van der Waals surface area contributed by atoms with Gasteiger partial charge in [-0.25, -0.2) is 0 Å². The zero-order chi connectivity index (χ0) is 15.2. The summed E-state index contributed by atoms with van der Waals surface area (Å²) in [6.45, 7) is 7.80. The zero-order valence-corrected chi connectivity index (χ0v) is 12.9. The average molecular weight is 285 g/mol. The van der Waals surface area contributed by atoms with Crippen LogP contribution in [0.3, 0.4) is 0 Å². The molecule has 0 atom stereocenters. The van der Waals surface area contributed by atoms with Crippen molar-refractivity contribution >= 4 is 11.4 Å². The Kier molecular flexibility index (Phi) is 5.04. The molecule has 112 valence electrons. The fourth-order valence-corrected chi connectivity index (χ4v) is 2.24. The van der Waals surface area contributed by atoms with Crippen LogP contribution in [0.1, 0.15) is 26.3 Å². The first kappa shape index (κ1) is 15.2. The van der Waals surface area contributed by atoms with E-state index in [2.05, 4.69) is 16.8 Å².